The van der Waals surface area contributed by atoms with Crippen molar-refractivity contribution in [1.82, 2.24) is 4.98 Å². The molecule has 0 radical (unpaired) electrons. The number of nitrogens with zero attached hydrogens (tertiary/aromatic N) is 1. The Morgan fingerprint density at radius 3 is 2.11 bits per heavy atom. The second kappa shape index (κ2) is 10.0. The van der Waals surface area contributed by atoms with Gasteiger partial charge in [0.15, 0.2) is 0 Å². The molecule has 0 bridgehead atoms. The highest BCUT2D eigenvalue weighted by molar-refractivity contribution is 6.30. The molecule has 1 heterocycles. The SMILES string of the molecule is Cc1ccc2nc(-c3ccc(Cl)cc3)cc(C(=O)Nc3ccc(C(=O)Nc4ccccc4)cc3)c2c1. The van der Waals surface area contributed by atoms with E-state index in [0.717, 1.165) is 27.7 Å². The summed E-state index contributed by atoms with van der Waals surface area (Å²) in [7, 11) is 0. The number of benzene rings is 4. The minimum atomic E-state index is -0.260. The molecule has 2 N–H and O–H groups in total. The Kier molecular flexibility index (Phi) is 6.48. The van der Waals surface area contributed by atoms with Gasteiger partial charge < -0.3 is 10.6 Å². The van der Waals surface area contributed by atoms with Gasteiger partial charge >= 0.3 is 0 Å². The number of hydrogen-bond donors (Lipinski definition) is 2. The van der Waals surface area contributed by atoms with Crippen LogP contribution in [0.25, 0.3) is 22.2 Å². The Labute approximate surface area is 213 Å². The van der Waals surface area contributed by atoms with E-state index in [1.165, 1.54) is 0 Å². The maximum Gasteiger partial charge on any atom is 0.256 e. The van der Waals surface area contributed by atoms with Crippen molar-refractivity contribution in [3.05, 3.63) is 125 Å². The number of carbonyl (C=O) groups is 2. The van der Waals surface area contributed by atoms with Gasteiger partial charge in [0.05, 0.1) is 16.8 Å². The molecule has 36 heavy (non-hydrogen) atoms. The van der Waals surface area contributed by atoms with Crippen molar-refractivity contribution in [2.45, 2.75) is 6.92 Å². The molecule has 0 atom stereocenters. The summed E-state index contributed by atoms with van der Waals surface area (Å²) in [5, 5.41) is 7.21. The minimum Gasteiger partial charge on any atom is -0.322 e. The fourth-order valence-electron chi connectivity index (χ4n) is 3.92. The molecule has 0 aliphatic carbocycles. The smallest absolute Gasteiger partial charge is 0.256 e. The molecular formula is C30H22ClN3O2. The Bertz CT molecular complexity index is 1560. The van der Waals surface area contributed by atoms with Gasteiger partial charge in [-0.1, -0.05) is 53.6 Å². The van der Waals surface area contributed by atoms with E-state index in [4.69, 9.17) is 16.6 Å². The lowest BCUT2D eigenvalue weighted by Gasteiger charge is -2.12. The zero-order chi connectivity index (χ0) is 25.1. The number of aromatic nitrogens is 1. The number of nitrogens with one attached hydrogen (secondary N) is 2. The Hall–Kier alpha value is -4.48. The monoisotopic (exact) mass is 491 g/mol. The molecule has 1 aromatic heterocycles. The topological polar surface area (TPSA) is 71.1 Å². The van der Waals surface area contributed by atoms with E-state index in [1.54, 1.807) is 42.5 Å². The molecule has 5 aromatic rings. The average molecular weight is 492 g/mol. The molecule has 0 saturated heterocycles. The highest BCUT2D eigenvalue weighted by atomic mass is 35.5. The molecule has 5 rings (SSSR count). The molecule has 0 unspecified atom stereocenters. The van der Waals surface area contributed by atoms with E-state index in [9.17, 15) is 9.59 Å². The summed E-state index contributed by atoms with van der Waals surface area (Å²) in [4.78, 5) is 30.7. The molecule has 6 heteroatoms. The maximum atomic E-state index is 13.4. The van der Waals surface area contributed by atoms with Gasteiger partial charge in [-0.15, -0.1) is 0 Å². The van der Waals surface area contributed by atoms with E-state index in [0.29, 0.717) is 27.5 Å². The van der Waals surface area contributed by atoms with Crippen LogP contribution in [-0.4, -0.2) is 16.8 Å². The van der Waals surface area contributed by atoms with Gasteiger partial charge in [-0.25, -0.2) is 4.98 Å². The minimum absolute atomic E-state index is 0.220. The Morgan fingerprint density at radius 2 is 1.39 bits per heavy atom. The van der Waals surface area contributed by atoms with Crippen LogP contribution in [0.2, 0.25) is 5.02 Å². The van der Waals surface area contributed by atoms with E-state index < -0.39 is 0 Å². The van der Waals surface area contributed by atoms with Crippen LogP contribution in [0.1, 0.15) is 26.3 Å². The molecule has 0 fully saturated rings. The lowest BCUT2D eigenvalue weighted by molar-refractivity contribution is 0.102. The quantitative estimate of drug-likeness (QED) is 0.269. The van der Waals surface area contributed by atoms with Crippen molar-refractivity contribution in [2.75, 3.05) is 10.6 Å². The van der Waals surface area contributed by atoms with Crippen LogP contribution in [0, 0.1) is 6.92 Å². The summed E-state index contributed by atoms with van der Waals surface area (Å²) in [6, 6.07) is 31.1. The van der Waals surface area contributed by atoms with Crippen molar-refractivity contribution in [1.29, 1.82) is 0 Å². The van der Waals surface area contributed by atoms with E-state index >= 15 is 0 Å². The largest absolute Gasteiger partial charge is 0.322 e. The molecule has 0 aliphatic heterocycles. The second-order valence-corrected chi connectivity index (χ2v) is 8.87. The third-order valence-corrected chi connectivity index (χ3v) is 6.04. The number of anilines is 2. The van der Waals surface area contributed by atoms with Crippen molar-refractivity contribution < 1.29 is 9.59 Å². The zero-order valence-corrected chi connectivity index (χ0v) is 20.2. The van der Waals surface area contributed by atoms with Gasteiger partial charge in [0.1, 0.15) is 0 Å². The number of fused-ring (bicyclic) bond motifs is 1. The fourth-order valence-corrected chi connectivity index (χ4v) is 4.05. The molecular weight excluding hydrogens is 470 g/mol. The summed E-state index contributed by atoms with van der Waals surface area (Å²) in [5.74, 6) is -0.480. The van der Waals surface area contributed by atoms with Crippen LogP contribution in [0.3, 0.4) is 0 Å². The van der Waals surface area contributed by atoms with E-state index in [2.05, 4.69) is 10.6 Å². The third-order valence-electron chi connectivity index (χ3n) is 5.79. The molecule has 0 saturated carbocycles. The van der Waals surface area contributed by atoms with Crippen molar-refractivity contribution >= 4 is 45.7 Å². The first-order valence-corrected chi connectivity index (χ1v) is 11.8. The molecule has 4 aromatic carbocycles. The molecule has 176 valence electrons. The first kappa shape index (κ1) is 23.3. The van der Waals surface area contributed by atoms with Gasteiger partial charge in [0.25, 0.3) is 11.8 Å². The van der Waals surface area contributed by atoms with Crippen LogP contribution < -0.4 is 10.6 Å². The van der Waals surface area contributed by atoms with Gasteiger partial charge in [0, 0.05) is 32.9 Å². The van der Waals surface area contributed by atoms with E-state index in [1.807, 2.05) is 67.6 Å². The highest BCUT2D eigenvalue weighted by Gasteiger charge is 2.15. The third kappa shape index (κ3) is 5.11. The van der Waals surface area contributed by atoms with Crippen LogP contribution in [0.15, 0.2) is 103 Å². The van der Waals surface area contributed by atoms with E-state index in [-0.39, 0.29) is 11.8 Å². The van der Waals surface area contributed by atoms with Crippen LogP contribution in [0.4, 0.5) is 11.4 Å². The standard InChI is InChI=1S/C30H22ClN3O2/c1-19-7-16-27-25(17-19)26(18-28(34-27)20-8-12-22(31)13-9-20)30(36)33-24-14-10-21(11-15-24)29(35)32-23-5-3-2-4-6-23/h2-18H,1H3,(H,32,35)(H,33,36). The zero-order valence-electron chi connectivity index (χ0n) is 19.5. The molecule has 2 amide bonds. The van der Waals surface area contributed by atoms with Gasteiger partial charge in [0.2, 0.25) is 0 Å². The first-order chi connectivity index (χ1) is 17.5. The molecule has 0 aliphatic rings. The fraction of sp³-hybridized carbons (Fsp3) is 0.0333. The normalized spacial score (nSPS) is 10.7. The number of halogens is 1. The number of aryl methyl sites for hydroxylation is 1. The number of hydrogen-bond acceptors (Lipinski definition) is 3. The Balaban J connectivity index is 1.41. The number of para-hydroxylation sites is 1. The van der Waals surface area contributed by atoms with Crippen LogP contribution >= 0.6 is 11.6 Å². The van der Waals surface area contributed by atoms with Crippen LogP contribution in [0.5, 0.6) is 0 Å². The lowest BCUT2D eigenvalue weighted by atomic mass is 10.0. The first-order valence-electron chi connectivity index (χ1n) is 11.4. The predicted octanol–water partition coefficient (Wildman–Crippen LogP) is 7.37. The molecule has 0 spiro atoms. The number of amides is 2. The van der Waals surface area contributed by atoms with Gasteiger partial charge in [-0.3, -0.25) is 9.59 Å². The number of rotatable bonds is 5. The number of pyridine rings is 1. The summed E-state index contributed by atoms with van der Waals surface area (Å²) in [5.41, 5.74) is 5.62. The average Bonchev–Trinajstić information content (AvgIpc) is 2.89. The lowest BCUT2D eigenvalue weighted by Crippen LogP contribution is -2.14. The number of carbonyl (C=O) groups excluding carboxylic acids is 2. The predicted molar refractivity (Wildman–Crippen MR) is 146 cm³/mol. The maximum absolute atomic E-state index is 13.4. The highest BCUT2D eigenvalue weighted by Crippen LogP contribution is 2.27. The van der Waals surface area contributed by atoms with Crippen molar-refractivity contribution in [3.8, 4) is 11.3 Å². The van der Waals surface area contributed by atoms with Gasteiger partial charge in [-0.2, -0.15) is 0 Å². The van der Waals surface area contributed by atoms with Crippen LogP contribution in [-0.2, 0) is 0 Å². The summed E-state index contributed by atoms with van der Waals surface area (Å²) in [6.07, 6.45) is 0. The summed E-state index contributed by atoms with van der Waals surface area (Å²) < 4.78 is 0. The van der Waals surface area contributed by atoms with Gasteiger partial charge in [-0.05, 0) is 73.7 Å². The van der Waals surface area contributed by atoms with Crippen molar-refractivity contribution in [2.24, 2.45) is 0 Å². The molecule has 5 nitrogen and oxygen atoms in total. The summed E-state index contributed by atoms with van der Waals surface area (Å²) in [6.45, 7) is 1.98. The summed E-state index contributed by atoms with van der Waals surface area (Å²) >= 11 is 6.05. The Morgan fingerprint density at radius 1 is 0.722 bits per heavy atom. The van der Waals surface area contributed by atoms with Crippen molar-refractivity contribution in [3.63, 3.8) is 0 Å². The second-order valence-electron chi connectivity index (χ2n) is 8.43.